The molecule has 2 aromatic carbocycles. The van der Waals surface area contributed by atoms with Gasteiger partial charge in [-0.15, -0.1) is 6.58 Å². The number of rotatable bonds is 4. The number of hydrogen-bond donors (Lipinski definition) is 1. The van der Waals surface area contributed by atoms with Crippen LogP contribution >= 0.6 is 0 Å². The number of carbonyl (C=O) groups excluding carboxylic acids is 2. The highest BCUT2D eigenvalue weighted by molar-refractivity contribution is 6.09. The largest absolute Gasteiger partial charge is 0.352 e. The SMILES string of the molecule is C=CCNC(=O)C1CCN(c2ccc3c(c2)Cc2ccccc2-3)C1=O. The van der Waals surface area contributed by atoms with E-state index >= 15 is 0 Å². The molecule has 0 bridgehead atoms. The third-order valence-corrected chi connectivity index (χ3v) is 5.03. The van der Waals surface area contributed by atoms with Crippen LogP contribution in [0.5, 0.6) is 0 Å². The van der Waals surface area contributed by atoms with Gasteiger partial charge in [0.1, 0.15) is 5.92 Å². The maximum absolute atomic E-state index is 12.7. The first kappa shape index (κ1) is 15.6. The molecular weight excluding hydrogens is 312 g/mol. The minimum atomic E-state index is -0.592. The Bertz CT molecular complexity index is 872. The van der Waals surface area contributed by atoms with Gasteiger partial charge in [-0.2, -0.15) is 0 Å². The molecule has 1 aliphatic carbocycles. The van der Waals surface area contributed by atoms with E-state index < -0.39 is 5.92 Å². The number of anilines is 1. The highest BCUT2D eigenvalue weighted by Crippen LogP contribution is 2.39. The van der Waals surface area contributed by atoms with Crippen molar-refractivity contribution in [1.29, 1.82) is 0 Å². The minimum Gasteiger partial charge on any atom is -0.352 e. The van der Waals surface area contributed by atoms with Gasteiger partial charge in [0, 0.05) is 18.8 Å². The molecule has 4 nitrogen and oxygen atoms in total. The number of carbonyl (C=O) groups is 2. The zero-order valence-corrected chi connectivity index (χ0v) is 14.0. The van der Waals surface area contributed by atoms with E-state index in [-0.39, 0.29) is 11.8 Å². The van der Waals surface area contributed by atoms with Gasteiger partial charge in [0.15, 0.2) is 0 Å². The number of fused-ring (bicyclic) bond motifs is 3. The van der Waals surface area contributed by atoms with Crippen LogP contribution in [0, 0.1) is 5.92 Å². The first-order valence-electron chi connectivity index (χ1n) is 8.60. The molecule has 0 radical (unpaired) electrons. The molecule has 2 amide bonds. The lowest BCUT2D eigenvalue weighted by atomic mass is 10.1. The Morgan fingerprint density at radius 1 is 1.20 bits per heavy atom. The van der Waals surface area contributed by atoms with E-state index in [2.05, 4.69) is 48.3 Å². The molecule has 25 heavy (non-hydrogen) atoms. The zero-order chi connectivity index (χ0) is 17.4. The van der Waals surface area contributed by atoms with Gasteiger partial charge in [-0.3, -0.25) is 9.59 Å². The first-order valence-corrected chi connectivity index (χ1v) is 8.60. The van der Waals surface area contributed by atoms with E-state index in [4.69, 9.17) is 0 Å². The van der Waals surface area contributed by atoms with Crippen LogP contribution in [0.3, 0.4) is 0 Å². The molecule has 1 aliphatic heterocycles. The Hall–Kier alpha value is -2.88. The molecule has 126 valence electrons. The topological polar surface area (TPSA) is 49.4 Å². The molecule has 4 rings (SSSR count). The highest BCUT2D eigenvalue weighted by atomic mass is 16.2. The fraction of sp³-hybridized carbons (Fsp3) is 0.238. The summed E-state index contributed by atoms with van der Waals surface area (Å²) in [6.45, 7) is 4.55. The molecule has 2 aromatic rings. The summed E-state index contributed by atoms with van der Waals surface area (Å²) in [4.78, 5) is 26.5. The van der Waals surface area contributed by atoms with Crippen LogP contribution in [-0.4, -0.2) is 24.9 Å². The summed E-state index contributed by atoms with van der Waals surface area (Å²) in [5.41, 5.74) is 5.97. The predicted octanol–water partition coefficient (Wildman–Crippen LogP) is 2.91. The third kappa shape index (κ3) is 2.64. The molecule has 0 aromatic heterocycles. The Morgan fingerprint density at radius 3 is 2.84 bits per heavy atom. The number of nitrogens with one attached hydrogen (secondary N) is 1. The number of hydrogen-bond acceptors (Lipinski definition) is 2. The van der Waals surface area contributed by atoms with Crippen molar-refractivity contribution in [2.45, 2.75) is 12.8 Å². The second-order valence-electron chi connectivity index (χ2n) is 6.54. The van der Waals surface area contributed by atoms with E-state index in [1.807, 2.05) is 6.07 Å². The number of amides is 2. The molecule has 4 heteroatoms. The summed E-state index contributed by atoms with van der Waals surface area (Å²) >= 11 is 0. The summed E-state index contributed by atoms with van der Waals surface area (Å²) in [5.74, 6) is -0.914. The highest BCUT2D eigenvalue weighted by Gasteiger charge is 2.37. The maximum atomic E-state index is 12.7. The summed E-state index contributed by atoms with van der Waals surface area (Å²) in [7, 11) is 0. The Morgan fingerprint density at radius 2 is 2.00 bits per heavy atom. The Labute approximate surface area is 147 Å². The van der Waals surface area contributed by atoms with Crippen molar-refractivity contribution in [3.05, 3.63) is 66.2 Å². The fourth-order valence-corrected chi connectivity index (χ4v) is 3.77. The Kier molecular flexibility index (Phi) is 3.88. The van der Waals surface area contributed by atoms with E-state index in [0.717, 1.165) is 12.1 Å². The molecule has 1 saturated heterocycles. The van der Waals surface area contributed by atoms with Gasteiger partial charge in [0.05, 0.1) is 0 Å². The van der Waals surface area contributed by atoms with Crippen molar-refractivity contribution in [2.75, 3.05) is 18.0 Å². The fourth-order valence-electron chi connectivity index (χ4n) is 3.77. The average Bonchev–Trinajstić information content (AvgIpc) is 3.19. The van der Waals surface area contributed by atoms with Crippen molar-refractivity contribution in [3.8, 4) is 11.1 Å². The van der Waals surface area contributed by atoms with Crippen LogP contribution in [0.15, 0.2) is 55.1 Å². The first-order chi connectivity index (χ1) is 12.2. The average molecular weight is 332 g/mol. The number of benzene rings is 2. The monoisotopic (exact) mass is 332 g/mol. The summed E-state index contributed by atoms with van der Waals surface area (Å²) in [6.07, 6.45) is 3.07. The smallest absolute Gasteiger partial charge is 0.239 e. The van der Waals surface area contributed by atoms with Crippen molar-refractivity contribution >= 4 is 17.5 Å². The van der Waals surface area contributed by atoms with Gasteiger partial charge in [-0.1, -0.05) is 36.4 Å². The quantitative estimate of drug-likeness (QED) is 0.590. The van der Waals surface area contributed by atoms with Gasteiger partial charge < -0.3 is 10.2 Å². The molecule has 0 saturated carbocycles. The van der Waals surface area contributed by atoms with Crippen LogP contribution in [0.1, 0.15) is 17.5 Å². The molecule has 2 aliphatic rings. The van der Waals surface area contributed by atoms with Gasteiger partial charge in [-0.25, -0.2) is 0 Å². The normalized spacial score (nSPS) is 18.0. The van der Waals surface area contributed by atoms with E-state index in [9.17, 15) is 9.59 Å². The lowest BCUT2D eigenvalue weighted by Crippen LogP contribution is -2.36. The predicted molar refractivity (Wildman–Crippen MR) is 98.4 cm³/mol. The second kappa shape index (κ2) is 6.20. The van der Waals surface area contributed by atoms with E-state index in [0.29, 0.717) is 19.5 Å². The van der Waals surface area contributed by atoms with Crippen LogP contribution < -0.4 is 10.2 Å². The lowest BCUT2D eigenvalue weighted by molar-refractivity contribution is -0.131. The van der Waals surface area contributed by atoms with E-state index in [1.165, 1.54) is 22.3 Å². The third-order valence-electron chi connectivity index (χ3n) is 5.03. The standard InChI is InChI=1S/C21H20N2O2/c1-2-10-22-20(24)19-9-11-23(21(19)25)16-7-8-18-15(13-16)12-14-5-3-4-6-17(14)18/h2-8,13,19H,1,9-12H2,(H,22,24). The van der Waals surface area contributed by atoms with Crippen molar-refractivity contribution < 1.29 is 9.59 Å². The molecule has 1 N–H and O–H groups in total. The number of nitrogens with zero attached hydrogens (tertiary/aromatic N) is 1. The molecule has 1 unspecified atom stereocenters. The van der Waals surface area contributed by atoms with Crippen LogP contribution in [-0.2, 0) is 16.0 Å². The van der Waals surface area contributed by atoms with Crippen molar-refractivity contribution in [2.24, 2.45) is 5.92 Å². The zero-order valence-electron chi connectivity index (χ0n) is 14.0. The molecule has 1 heterocycles. The van der Waals surface area contributed by atoms with Crippen LogP contribution in [0.2, 0.25) is 0 Å². The second-order valence-corrected chi connectivity index (χ2v) is 6.54. The Balaban J connectivity index is 1.56. The van der Waals surface area contributed by atoms with Crippen molar-refractivity contribution in [3.63, 3.8) is 0 Å². The molecule has 1 atom stereocenters. The summed E-state index contributed by atoms with van der Waals surface area (Å²) in [6, 6.07) is 14.6. The van der Waals surface area contributed by atoms with Crippen LogP contribution in [0.4, 0.5) is 5.69 Å². The molecule has 1 fully saturated rings. The van der Waals surface area contributed by atoms with E-state index in [1.54, 1.807) is 11.0 Å². The van der Waals surface area contributed by atoms with Gasteiger partial charge in [-0.05, 0) is 47.2 Å². The molecule has 0 spiro atoms. The maximum Gasteiger partial charge on any atom is 0.239 e. The van der Waals surface area contributed by atoms with Gasteiger partial charge in [0.25, 0.3) is 0 Å². The van der Waals surface area contributed by atoms with Crippen LogP contribution in [0.25, 0.3) is 11.1 Å². The van der Waals surface area contributed by atoms with Gasteiger partial charge >= 0.3 is 0 Å². The summed E-state index contributed by atoms with van der Waals surface area (Å²) < 4.78 is 0. The minimum absolute atomic E-state index is 0.114. The van der Waals surface area contributed by atoms with Crippen molar-refractivity contribution in [1.82, 2.24) is 5.32 Å². The van der Waals surface area contributed by atoms with Gasteiger partial charge in [0.2, 0.25) is 11.8 Å². The summed E-state index contributed by atoms with van der Waals surface area (Å²) in [5, 5.41) is 2.73. The lowest BCUT2D eigenvalue weighted by Gasteiger charge is -2.18. The molecular formula is C21H20N2O2.